The van der Waals surface area contributed by atoms with Gasteiger partial charge in [-0.3, -0.25) is 9.59 Å². The largest absolute Gasteiger partial charge is 0.467 e. The molecule has 1 fully saturated rings. The third-order valence-corrected chi connectivity index (χ3v) is 5.69. The second-order valence-electron chi connectivity index (χ2n) is 10.1. The minimum atomic E-state index is -0.345. The lowest BCUT2D eigenvalue weighted by Crippen LogP contribution is -2.54. The number of nitrogens with one attached hydrogen (secondary N) is 2. The number of rotatable bonds is 8. The summed E-state index contributed by atoms with van der Waals surface area (Å²) < 4.78 is 5.43. The number of nitrogens with zero attached hydrogens (tertiary/aromatic N) is 3. The van der Waals surface area contributed by atoms with E-state index in [2.05, 4.69) is 29.5 Å². The fraction of sp³-hybridized carbons (Fsp3) is 0.583. The molecule has 0 unspecified atom stereocenters. The van der Waals surface area contributed by atoms with Crippen molar-refractivity contribution in [3.63, 3.8) is 0 Å². The molecule has 180 valence electrons. The van der Waals surface area contributed by atoms with Crippen LogP contribution in [0.25, 0.3) is 0 Å². The summed E-state index contributed by atoms with van der Waals surface area (Å²) in [5.74, 6) is 1.29. The molecule has 1 aliphatic rings. The summed E-state index contributed by atoms with van der Waals surface area (Å²) in [6.07, 6.45) is 3.76. The van der Waals surface area contributed by atoms with Gasteiger partial charge in [-0.15, -0.1) is 0 Å². The van der Waals surface area contributed by atoms with Gasteiger partial charge in [-0.1, -0.05) is 34.6 Å². The Labute approximate surface area is 195 Å². The number of hydrogen-bond donors (Lipinski definition) is 3. The van der Waals surface area contributed by atoms with Crippen molar-refractivity contribution in [3.8, 4) is 0 Å². The van der Waals surface area contributed by atoms with Gasteiger partial charge in [-0.2, -0.15) is 0 Å². The highest BCUT2D eigenvalue weighted by atomic mass is 16.3. The third-order valence-electron chi connectivity index (χ3n) is 5.69. The van der Waals surface area contributed by atoms with Gasteiger partial charge in [0.2, 0.25) is 5.91 Å². The second kappa shape index (κ2) is 10.3. The Hall–Kier alpha value is -2.94. The molecule has 3 rings (SSSR count). The first kappa shape index (κ1) is 24.7. The third kappa shape index (κ3) is 6.31. The molecule has 2 atom stereocenters. The Morgan fingerprint density at radius 3 is 2.70 bits per heavy atom. The zero-order chi connectivity index (χ0) is 24.2. The Morgan fingerprint density at radius 1 is 1.33 bits per heavy atom. The second-order valence-corrected chi connectivity index (χ2v) is 10.1. The maximum absolute atomic E-state index is 13.8. The summed E-state index contributed by atoms with van der Waals surface area (Å²) in [4.78, 5) is 36.7. The van der Waals surface area contributed by atoms with Crippen molar-refractivity contribution in [2.24, 2.45) is 17.6 Å². The van der Waals surface area contributed by atoms with Crippen molar-refractivity contribution >= 4 is 17.6 Å². The van der Waals surface area contributed by atoms with Crippen LogP contribution in [-0.4, -0.2) is 52.4 Å². The lowest BCUT2D eigenvalue weighted by molar-refractivity contribution is -0.122. The molecule has 0 bridgehead atoms. The van der Waals surface area contributed by atoms with Crippen LogP contribution < -0.4 is 16.4 Å². The SMILES string of the molecule is CC(C)CN(C(=O)c1cnc(C(C)(C)C)nc1NCc1ccco1)[C@H]1CNC[C@@H](C(N)=O)C1. The van der Waals surface area contributed by atoms with Crippen molar-refractivity contribution in [1.29, 1.82) is 0 Å². The summed E-state index contributed by atoms with van der Waals surface area (Å²) >= 11 is 0. The van der Waals surface area contributed by atoms with Crippen LogP contribution in [0.4, 0.5) is 5.82 Å². The number of amides is 2. The van der Waals surface area contributed by atoms with E-state index in [9.17, 15) is 9.59 Å². The minimum absolute atomic E-state index is 0.147. The van der Waals surface area contributed by atoms with E-state index in [1.807, 2.05) is 37.8 Å². The molecular weight excluding hydrogens is 420 g/mol. The molecule has 0 radical (unpaired) electrons. The zero-order valence-corrected chi connectivity index (χ0v) is 20.2. The van der Waals surface area contributed by atoms with E-state index in [-0.39, 0.29) is 35.1 Å². The molecule has 1 saturated heterocycles. The summed E-state index contributed by atoms with van der Waals surface area (Å²) in [7, 11) is 0. The van der Waals surface area contributed by atoms with Crippen LogP contribution in [0, 0.1) is 11.8 Å². The van der Waals surface area contributed by atoms with Crippen molar-refractivity contribution in [2.45, 2.75) is 59.0 Å². The molecule has 9 nitrogen and oxygen atoms in total. The fourth-order valence-corrected chi connectivity index (χ4v) is 3.94. The normalized spacial score (nSPS) is 18.8. The fourth-order valence-electron chi connectivity index (χ4n) is 3.94. The molecule has 0 spiro atoms. The maximum Gasteiger partial charge on any atom is 0.259 e. The molecule has 2 amide bonds. The van der Waals surface area contributed by atoms with E-state index in [4.69, 9.17) is 15.1 Å². The van der Waals surface area contributed by atoms with Crippen LogP contribution >= 0.6 is 0 Å². The minimum Gasteiger partial charge on any atom is -0.467 e. The number of hydrogen-bond acceptors (Lipinski definition) is 7. The van der Waals surface area contributed by atoms with Gasteiger partial charge in [0.1, 0.15) is 23.0 Å². The Bertz CT molecular complexity index is 952. The van der Waals surface area contributed by atoms with Crippen LogP contribution in [0.15, 0.2) is 29.0 Å². The topological polar surface area (TPSA) is 126 Å². The quantitative estimate of drug-likeness (QED) is 0.557. The van der Waals surface area contributed by atoms with Gasteiger partial charge in [0.25, 0.3) is 5.91 Å². The molecule has 4 N–H and O–H groups in total. The lowest BCUT2D eigenvalue weighted by Gasteiger charge is -2.38. The number of carbonyl (C=O) groups excluding carboxylic acids is 2. The van der Waals surface area contributed by atoms with Gasteiger partial charge in [0.15, 0.2) is 0 Å². The van der Waals surface area contributed by atoms with Gasteiger partial charge in [0, 0.05) is 37.3 Å². The van der Waals surface area contributed by atoms with E-state index < -0.39 is 0 Å². The maximum atomic E-state index is 13.8. The van der Waals surface area contributed by atoms with Gasteiger partial charge < -0.3 is 25.7 Å². The standard InChI is InChI=1S/C24H36N6O3/c1-15(2)14-30(17-9-16(20(25)31)10-26-11-17)22(32)19-13-28-23(24(3,4)5)29-21(19)27-12-18-7-6-8-33-18/h6-8,13,15-17,26H,9-12,14H2,1-5H3,(H2,25,31)(H,27,28,29)/t16-,17+/m0/s1. The van der Waals surface area contributed by atoms with Crippen LogP contribution in [0.5, 0.6) is 0 Å². The highest BCUT2D eigenvalue weighted by Gasteiger charge is 2.34. The molecule has 33 heavy (non-hydrogen) atoms. The monoisotopic (exact) mass is 456 g/mol. The lowest BCUT2D eigenvalue weighted by atomic mass is 9.93. The van der Waals surface area contributed by atoms with Crippen molar-refractivity contribution in [1.82, 2.24) is 20.2 Å². The van der Waals surface area contributed by atoms with Crippen molar-refractivity contribution in [3.05, 3.63) is 41.7 Å². The van der Waals surface area contributed by atoms with Gasteiger partial charge in [-0.25, -0.2) is 9.97 Å². The number of aromatic nitrogens is 2. The van der Waals surface area contributed by atoms with Gasteiger partial charge in [0.05, 0.1) is 18.7 Å². The molecule has 9 heteroatoms. The highest BCUT2D eigenvalue weighted by Crippen LogP contribution is 2.25. The zero-order valence-electron chi connectivity index (χ0n) is 20.2. The first-order valence-electron chi connectivity index (χ1n) is 11.5. The van der Waals surface area contributed by atoms with E-state index in [0.29, 0.717) is 49.8 Å². The van der Waals surface area contributed by atoms with E-state index >= 15 is 0 Å². The number of piperidine rings is 1. The average Bonchev–Trinajstić information content (AvgIpc) is 3.28. The summed E-state index contributed by atoms with van der Waals surface area (Å²) in [6, 6.07) is 3.54. The van der Waals surface area contributed by atoms with Crippen LogP contribution in [-0.2, 0) is 16.8 Å². The smallest absolute Gasteiger partial charge is 0.259 e. The molecule has 2 aromatic rings. The summed E-state index contributed by atoms with van der Waals surface area (Å²) in [5.41, 5.74) is 5.69. The summed E-state index contributed by atoms with van der Waals surface area (Å²) in [5, 5.41) is 6.52. The molecule has 2 aromatic heterocycles. The number of furan rings is 1. The number of carbonyl (C=O) groups is 2. The van der Waals surface area contributed by atoms with Crippen LogP contribution in [0.1, 0.15) is 63.0 Å². The Balaban J connectivity index is 1.94. The highest BCUT2D eigenvalue weighted by molar-refractivity contribution is 5.98. The molecule has 1 aliphatic heterocycles. The van der Waals surface area contributed by atoms with E-state index in [1.165, 1.54) is 0 Å². The Morgan fingerprint density at radius 2 is 2.09 bits per heavy atom. The van der Waals surface area contributed by atoms with Crippen molar-refractivity contribution < 1.29 is 14.0 Å². The molecule has 0 aliphatic carbocycles. The number of nitrogens with two attached hydrogens (primary N) is 1. The number of anilines is 1. The first-order chi connectivity index (χ1) is 15.6. The molecule has 0 aromatic carbocycles. The van der Waals surface area contributed by atoms with Crippen LogP contribution in [0.2, 0.25) is 0 Å². The predicted molar refractivity (Wildman–Crippen MR) is 127 cm³/mol. The molecule has 3 heterocycles. The Kier molecular flexibility index (Phi) is 7.73. The molecular formula is C24H36N6O3. The molecule has 0 saturated carbocycles. The predicted octanol–water partition coefficient (Wildman–Crippen LogP) is 2.54. The average molecular weight is 457 g/mol. The first-order valence-corrected chi connectivity index (χ1v) is 11.5. The van der Waals surface area contributed by atoms with E-state index in [1.54, 1.807) is 12.5 Å². The number of primary amides is 1. The summed E-state index contributed by atoms with van der Waals surface area (Å²) in [6.45, 7) is 12.3. The van der Waals surface area contributed by atoms with Gasteiger partial charge in [-0.05, 0) is 24.5 Å². The van der Waals surface area contributed by atoms with Gasteiger partial charge >= 0.3 is 0 Å². The van der Waals surface area contributed by atoms with Crippen LogP contribution in [0.3, 0.4) is 0 Å². The van der Waals surface area contributed by atoms with Crippen molar-refractivity contribution in [2.75, 3.05) is 25.0 Å². The van der Waals surface area contributed by atoms with E-state index in [0.717, 1.165) is 5.76 Å².